The van der Waals surface area contributed by atoms with Gasteiger partial charge in [-0.2, -0.15) is 0 Å². The molecule has 0 rings (SSSR count). The van der Waals surface area contributed by atoms with Gasteiger partial charge in [0.1, 0.15) is 0 Å². The first kappa shape index (κ1) is 185. The van der Waals surface area contributed by atoms with Crippen molar-refractivity contribution in [2.75, 3.05) is 0 Å². The fourth-order valence-corrected chi connectivity index (χ4v) is 2.29. The number of rotatable bonds is 8. The average Bonchev–Trinajstić information content (AvgIpc) is 3.00. The van der Waals surface area contributed by atoms with E-state index >= 15 is 0 Å². The van der Waals surface area contributed by atoms with Crippen LogP contribution in [0.15, 0.2) is 94.7 Å². The zero-order valence-corrected chi connectivity index (χ0v) is 54.7. The van der Waals surface area contributed by atoms with Gasteiger partial charge >= 0.3 is 68.3 Å². The van der Waals surface area contributed by atoms with E-state index in [9.17, 15) is 79.2 Å². The predicted octanol–water partition coefficient (Wildman–Crippen LogP) is -12.9. The fourth-order valence-electron chi connectivity index (χ4n) is 2.29. The van der Waals surface area contributed by atoms with E-state index in [1.807, 2.05) is 0 Å². The van der Waals surface area contributed by atoms with Crippen LogP contribution in [0.4, 0.5) is 0 Å². The summed E-state index contributed by atoms with van der Waals surface area (Å²) in [6.07, 6.45) is 8.44. The Balaban J connectivity index is -0.0000000170. The molecule has 0 atom stereocenters. The van der Waals surface area contributed by atoms with Gasteiger partial charge in [-0.1, -0.05) is 55.4 Å². The van der Waals surface area contributed by atoms with Gasteiger partial charge in [0.15, 0.2) is 46.3 Å². The maximum absolute atomic E-state index is 9.98. The van der Waals surface area contributed by atoms with Crippen LogP contribution >= 0.6 is 0 Å². The number of ketones is 8. The molecule has 0 fully saturated rings. The second kappa shape index (κ2) is 134. The first-order chi connectivity index (χ1) is 31.9. The van der Waals surface area contributed by atoms with Gasteiger partial charge in [-0.25, -0.2) is 0 Å². The number of allylic oxidation sites excluding steroid dienone is 16. The zero-order chi connectivity index (χ0) is 61.2. The molecule has 0 saturated carbocycles. The van der Waals surface area contributed by atoms with Crippen molar-refractivity contribution in [3.05, 3.63) is 156 Å². The molecule has 0 aromatic carbocycles. The van der Waals surface area contributed by atoms with Crippen molar-refractivity contribution in [3.8, 4) is 0 Å². The molecule has 0 saturated heterocycles. The standard InChI is InChI=1S/8C5H8O2.4Mn.4NO3.12H2O/c8*1-4(6)3-5(2)7;;;;;4*2-1(3)4;;;;;;;;;;;;/h8*3,6H,1-2H3;;;;;;;;;12*1H2/q;;;;;;;;4*+3;4*-1;;;;;;;;;;;;/b8*4-3-;;;;;;;;;;;;;;;;;;;;. The Hall–Kier alpha value is -7.92. The van der Waals surface area contributed by atoms with E-state index in [-0.39, 0.29) is 226 Å². The molecule has 0 spiro atoms. The summed E-state index contributed by atoms with van der Waals surface area (Å²) in [7, 11) is 0. The monoisotopic (exact) mass is 1480 g/mol. The summed E-state index contributed by atoms with van der Waals surface area (Å²) in [4.78, 5) is 113. The maximum Gasteiger partial charge on any atom is 3.00 e. The molecule has 0 aliphatic carbocycles. The third-order valence-corrected chi connectivity index (χ3v) is 3.25. The third kappa shape index (κ3) is 800. The van der Waals surface area contributed by atoms with Crippen LogP contribution in [0.25, 0.3) is 0 Å². The van der Waals surface area contributed by atoms with Gasteiger partial charge in [0.2, 0.25) is 0 Å². The van der Waals surface area contributed by atoms with Gasteiger partial charge in [-0.15, -0.1) is 46.1 Å². The Labute approximate surface area is 544 Å². The molecule has 0 aliphatic rings. The SMILES string of the molecule is CC(=O)/C=C(/C)[O-].CC(=O)/C=C(/C)[O-].CC(=O)/C=C(/C)[O-].CC(=O)/C=C(/C)[O-].CC(=O)/C=C(/C)[O-].CC(=O)/C=C(/C)[O-].CC(=O)/C=C(/C)[O-].CC(=O)/C=C(/C)[O-].O.O.O.O.O=[N+]([O-])[O-].O=[N+]([O-])[O-].O=[N+]([O-])[O-].O=[N+]([O-])[O-].[Mn+3].[Mn+3].[Mn+3].[Mn+3].[OH3+].[OH3+].[OH3+].[OH3+].[OH3+].[OH3+].[OH3+].[OH3+]. The molecule has 32 N–H and O–H groups in total. The van der Waals surface area contributed by atoms with Gasteiger partial charge in [-0.3, -0.25) is 38.4 Å². The largest absolute Gasteiger partial charge is 3.00 e. The first-order valence-electron chi connectivity index (χ1n) is 18.1. The minimum atomic E-state index is -1.75. The van der Waals surface area contributed by atoms with Gasteiger partial charge < -0.3 is 168 Å². The summed E-state index contributed by atoms with van der Waals surface area (Å²) in [6, 6.07) is 0. The summed E-state index contributed by atoms with van der Waals surface area (Å²) < 4.78 is 0. The minimum Gasteiger partial charge on any atom is -0.876 e. The maximum atomic E-state index is 9.98. The molecule has 0 amide bonds. The van der Waals surface area contributed by atoms with Gasteiger partial charge in [0.05, 0.1) is 20.3 Å². The van der Waals surface area contributed by atoms with Crippen molar-refractivity contribution < 1.29 is 234 Å². The molecule has 0 heterocycles. The van der Waals surface area contributed by atoms with Crippen molar-refractivity contribution in [2.45, 2.75) is 111 Å². The number of carbonyl (C=O) groups is 8. The Bertz CT molecular complexity index is 1530. The van der Waals surface area contributed by atoms with Crippen molar-refractivity contribution in [2.24, 2.45) is 0 Å². The van der Waals surface area contributed by atoms with Crippen LogP contribution in [0, 0.1) is 61.3 Å². The van der Waals surface area contributed by atoms with E-state index in [0.717, 1.165) is 48.6 Å². The zero-order valence-electron chi connectivity index (χ0n) is 50.0. The summed E-state index contributed by atoms with van der Waals surface area (Å²) in [5, 5.41) is 139. The summed E-state index contributed by atoms with van der Waals surface area (Å²) in [5.41, 5.74) is 0. The quantitative estimate of drug-likeness (QED) is 0.0544. The second-order valence-corrected chi connectivity index (χ2v) is 11.8. The Morgan fingerprint density at radius 1 is 0.205 bits per heavy atom. The van der Waals surface area contributed by atoms with Crippen molar-refractivity contribution in [1.82, 2.24) is 0 Å². The normalized spacial score (nSPS) is 8.36. The molecule has 0 aromatic heterocycles. The van der Waals surface area contributed by atoms with Crippen LogP contribution in [0.5, 0.6) is 0 Å². The molecule has 0 bridgehead atoms. The van der Waals surface area contributed by atoms with Gasteiger partial charge in [-0.05, 0) is 104 Å². The van der Waals surface area contributed by atoms with E-state index < -0.39 is 20.3 Å². The van der Waals surface area contributed by atoms with E-state index in [0.29, 0.717) is 0 Å². The van der Waals surface area contributed by atoms with E-state index in [4.69, 9.17) is 61.3 Å². The molecule has 0 unspecified atom stereocenters. The van der Waals surface area contributed by atoms with Gasteiger partial charge in [0.25, 0.3) is 0 Å². The van der Waals surface area contributed by atoms with Gasteiger partial charge in [0, 0.05) is 0 Å². The molecule has 528 valence electrons. The number of hydrogen-bond donors (Lipinski definition) is 0. The van der Waals surface area contributed by atoms with Crippen LogP contribution < -0.4 is 40.9 Å². The van der Waals surface area contributed by atoms with E-state index in [2.05, 4.69) is 0 Å². The van der Waals surface area contributed by atoms with Crippen LogP contribution in [0.2, 0.25) is 0 Å². The molecule has 0 radical (unpaired) electrons. The van der Waals surface area contributed by atoms with E-state index in [1.165, 1.54) is 111 Å². The van der Waals surface area contributed by atoms with Crippen LogP contribution in [-0.4, -0.2) is 88.5 Å². The van der Waals surface area contributed by atoms with E-state index in [1.54, 1.807) is 0 Å². The van der Waals surface area contributed by atoms with Crippen molar-refractivity contribution in [3.63, 3.8) is 0 Å². The molecule has 0 aliphatic heterocycles. The van der Waals surface area contributed by atoms with Crippen LogP contribution in [-0.2, 0) is 150 Å². The van der Waals surface area contributed by atoms with Crippen LogP contribution in [0.3, 0.4) is 0 Å². The Morgan fingerprint density at radius 2 is 0.239 bits per heavy atom. The second-order valence-electron chi connectivity index (χ2n) is 11.8. The van der Waals surface area contributed by atoms with Crippen LogP contribution in [0.1, 0.15) is 111 Å². The number of hydrogen-bond acceptors (Lipinski definition) is 28. The smallest absolute Gasteiger partial charge is 0.876 e. The van der Waals surface area contributed by atoms with Crippen molar-refractivity contribution >= 4 is 46.3 Å². The summed E-state index contributed by atoms with van der Waals surface area (Å²) >= 11 is 0. The molecular formula is C40H88Mn4N4O40+8. The third-order valence-electron chi connectivity index (χ3n) is 3.25. The summed E-state index contributed by atoms with van der Waals surface area (Å²) in [6.45, 7) is 21.6. The Morgan fingerprint density at radius 3 is 0.239 bits per heavy atom. The topological polar surface area (TPSA) is 976 Å². The average molecular weight is 1480 g/mol. The molecular weight excluding hydrogens is 1400 g/mol. The fraction of sp³-hybridized carbons (Fsp3) is 0.400. The Kier molecular flexibility index (Phi) is 280. The molecule has 48 heteroatoms. The summed E-state index contributed by atoms with van der Waals surface area (Å²) in [5.74, 6) is -3.00. The molecule has 88 heavy (non-hydrogen) atoms. The number of nitrogens with zero attached hydrogens (tertiary/aromatic N) is 4. The first-order valence-corrected chi connectivity index (χ1v) is 18.1. The van der Waals surface area contributed by atoms with Crippen molar-refractivity contribution in [1.29, 1.82) is 0 Å². The predicted molar refractivity (Wildman–Crippen MR) is 290 cm³/mol. The molecule has 44 nitrogen and oxygen atoms in total. The molecule has 0 aromatic rings. The minimum absolute atomic E-state index is 0. The number of carbonyl (C=O) groups excluding carboxylic acids is 8.